The third-order valence-electron chi connectivity index (χ3n) is 3.18. The number of hydrogen-bond donors (Lipinski definition) is 1. The van der Waals surface area contributed by atoms with Crippen molar-refractivity contribution in [2.24, 2.45) is 0 Å². The molecular weight excluding hydrogens is 234 g/mol. The number of rotatable bonds is 3. The molecule has 0 aliphatic carbocycles. The molecule has 94 valence electrons. The van der Waals surface area contributed by atoms with E-state index in [-0.39, 0.29) is 0 Å². The van der Waals surface area contributed by atoms with Crippen molar-refractivity contribution in [3.05, 3.63) is 22.0 Å². The van der Waals surface area contributed by atoms with Crippen molar-refractivity contribution in [2.45, 2.75) is 39.7 Å². The molecule has 0 saturated carbocycles. The first-order valence-electron chi connectivity index (χ1n) is 6.41. The second kappa shape index (κ2) is 5.69. The zero-order valence-electron chi connectivity index (χ0n) is 10.6. The van der Waals surface area contributed by atoms with E-state index in [9.17, 15) is 0 Å². The lowest BCUT2D eigenvalue weighted by Gasteiger charge is -2.15. The Morgan fingerprint density at radius 1 is 1.47 bits per heavy atom. The smallest absolute Gasteiger partial charge is 0.0891 e. The van der Waals surface area contributed by atoms with Crippen molar-refractivity contribution in [2.75, 3.05) is 13.1 Å². The molecule has 0 amide bonds. The van der Waals surface area contributed by atoms with Crippen LogP contribution in [-0.2, 0) is 13.0 Å². The van der Waals surface area contributed by atoms with Gasteiger partial charge in [0.1, 0.15) is 0 Å². The molecule has 0 unspecified atom stereocenters. The number of halogens is 1. The fraction of sp³-hybridized carbons (Fsp3) is 0.615. The van der Waals surface area contributed by atoms with E-state index in [2.05, 4.69) is 30.3 Å². The van der Waals surface area contributed by atoms with Crippen LogP contribution < -0.4 is 5.32 Å². The van der Waals surface area contributed by atoms with Crippen LogP contribution in [0.1, 0.15) is 38.1 Å². The van der Waals surface area contributed by atoms with Crippen LogP contribution in [0.3, 0.4) is 0 Å². The monoisotopic (exact) mass is 253 g/mol. The van der Waals surface area contributed by atoms with Gasteiger partial charge in [0.2, 0.25) is 0 Å². The lowest BCUT2D eigenvalue weighted by Crippen LogP contribution is -2.23. The van der Waals surface area contributed by atoms with Crippen molar-refractivity contribution in [3.63, 3.8) is 0 Å². The van der Waals surface area contributed by atoms with Gasteiger partial charge in [-0.3, -0.25) is 4.68 Å². The highest BCUT2D eigenvalue weighted by Crippen LogP contribution is 2.25. The summed E-state index contributed by atoms with van der Waals surface area (Å²) in [7, 11) is 0. The zero-order chi connectivity index (χ0) is 12.3. The molecule has 2 heterocycles. The maximum Gasteiger partial charge on any atom is 0.0891 e. The molecule has 1 aromatic heterocycles. The molecule has 0 aromatic carbocycles. The third-order valence-corrected chi connectivity index (χ3v) is 3.59. The number of aromatic nitrogens is 2. The van der Waals surface area contributed by atoms with E-state index in [1.165, 1.54) is 18.4 Å². The van der Waals surface area contributed by atoms with E-state index < -0.39 is 0 Å². The second-order valence-electron chi connectivity index (χ2n) is 4.40. The summed E-state index contributed by atoms with van der Waals surface area (Å²) in [4.78, 5) is 0. The Morgan fingerprint density at radius 3 is 2.88 bits per heavy atom. The first kappa shape index (κ1) is 12.7. The van der Waals surface area contributed by atoms with Gasteiger partial charge in [-0.2, -0.15) is 5.10 Å². The summed E-state index contributed by atoms with van der Waals surface area (Å²) >= 11 is 6.38. The van der Waals surface area contributed by atoms with Crippen molar-refractivity contribution >= 4 is 17.7 Å². The van der Waals surface area contributed by atoms with Crippen LogP contribution in [0.2, 0.25) is 5.02 Å². The summed E-state index contributed by atoms with van der Waals surface area (Å²) in [6.07, 6.45) is 5.48. The van der Waals surface area contributed by atoms with Gasteiger partial charge in [0.05, 0.1) is 16.4 Å². The number of aryl methyl sites for hydroxylation is 2. The summed E-state index contributed by atoms with van der Waals surface area (Å²) in [5.74, 6) is 0. The van der Waals surface area contributed by atoms with Crippen molar-refractivity contribution in [1.29, 1.82) is 0 Å². The maximum atomic E-state index is 6.38. The lowest BCUT2D eigenvalue weighted by molar-refractivity contribution is 0.610. The van der Waals surface area contributed by atoms with Gasteiger partial charge in [0.25, 0.3) is 0 Å². The van der Waals surface area contributed by atoms with E-state index in [0.29, 0.717) is 0 Å². The van der Waals surface area contributed by atoms with Crippen molar-refractivity contribution < 1.29 is 0 Å². The minimum atomic E-state index is 0.826. The summed E-state index contributed by atoms with van der Waals surface area (Å²) in [5.41, 5.74) is 3.50. The second-order valence-corrected chi connectivity index (χ2v) is 4.78. The molecule has 0 radical (unpaired) electrons. The minimum Gasteiger partial charge on any atom is -0.313 e. The first-order chi connectivity index (χ1) is 8.26. The van der Waals surface area contributed by atoms with Gasteiger partial charge in [-0.1, -0.05) is 24.1 Å². The van der Waals surface area contributed by atoms with E-state index in [1.807, 2.05) is 4.68 Å². The largest absolute Gasteiger partial charge is 0.313 e. The third kappa shape index (κ3) is 2.72. The normalized spacial score (nSPS) is 18.9. The quantitative estimate of drug-likeness (QED) is 0.898. The standard InChI is InChI=1S/C13H20ClN3/c1-3-11-13(14)12(17(4-2)16-11)8-10-6-5-7-15-9-10/h8,15H,3-7,9H2,1-2H3. The van der Waals surface area contributed by atoms with Crippen molar-refractivity contribution in [3.8, 4) is 0 Å². The Hall–Kier alpha value is -0.800. The summed E-state index contributed by atoms with van der Waals surface area (Å²) in [5, 5.41) is 8.75. The topological polar surface area (TPSA) is 29.9 Å². The average Bonchev–Trinajstić information content (AvgIpc) is 2.68. The molecule has 3 nitrogen and oxygen atoms in total. The Bertz CT molecular complexity index is 413. The summed E-state index contributed by atoms with van der Waals surface area (Å²) in [6, 6.07) is 0. The van der Waals surface area contributed by atoms with Crippen LogP contribution in [0.5, 0.6) is 0 Å². The molecule has 1 aliphatic heterocycles. The first-order valence-corrected chi connectivity index (χ1v) is 6.79. The van der Waals surface area contributed by atoms with Crippen LogP contribution in [-0.4, -0.2) is 22.9 Å². The molecule has 1 N–H and O–H groups in total. The van der Waals surface area contributed by atoms with E-state index >= 15 is 0 Å². The number of nitrogens with zero attached hydrogens (tertiary/aromatic N) is 2. The Morgan fingerprint density at radius 2 is 2.29 bits per heavy atom. The predicted octanol–water partition coefficient (Wildman–Crippen LogP) is 2.89. The predicted molar refractivity (Wildman–Crippen MR) is 72.4 cm³/mol. The molecular formula is C13H20ClN3. The number of hydrogen-bond acceptors (Lipinski definition) is 2. The molecule has 0 atom stereocenters. The van der Waals surface area contributed by atoms with Gasteiger partial charge < -0.3 is 5.32 Å². The molecule has 1 saturated heterocycles. The lowest BCUT2D eigenvalue weighted by atomic mass is 10.1. The van der Waals surface area contributed by atoms with Crippen LogP contribution in [0.4, 0.5) is 0 Å². The van der Waals surface area contributed by atoms with Crippen molar-refractivity contribution in [1.82, 2.24) is 15.1 Å². The molecule has 0 spiro atoms. The molecule has 1 aliphatic rings. The van der Waals surface area contributed by atoms with E-state index in [4.69, 9.17) is 11.6 Å². The minimum absolute atomic E-state index is 0.826. The van der Waals surface area contributed by atoms with Crippen LogP contribution >= 0.6 is 11.6 Å². The average molecular weight is 254 g/mol. The highest BCUT2D eigenvalue weighted by atomic mass is 35.5. The molecule has 1 aromatic rings. The van der Waals surface area contributed by atoms with Gasteiger partial charge in [0, 0.05) is 13.1 Å². The fourth-order valence-corrected chi connectivity index (χ4v) is 2.53. The van der Waals surface area contributed by atoms with E-state index in [1.54, 1.807) is 0 Å². The highest BCUT2D eigenvalue weighted by molar-refractivity contribution is 6.32. The molecule has 1 fully saturated rings. The fourth-order valence-electron chi connectivity index (χ4n) is 2.20. The van der Waals surface area contributed by atoms with E-state index in [0.717, 1.165) is 42.5 Å². The number of piperidine rings is 1. The van der Waals surface area contributed by atoms with Gasteiger partial charge in [0.15, 0.2) is 0 Å². The Balaban J connectivity index is 2.32. The van der Waals surface area contributed by atoms with Crippen LogP contribution in [0.25, 0.3) is 6.08 Å². The zero-order valence-corrected chi connectivity index (χ0v) is 11.3. The Labute approximate surface area is 108 Å². The number of nitrogens with one attached hydrogen (secondary N) is 1. The maximum absolute atomic E-state index is 6.38. The molecule has 17 heavy (non-hydrogen) atoms. The van der Waals surface area contributed by atoms with Gasteiger partial charge in [-0.15, -0.1) is 0 Å². The van der Waals surface area contributed by atoms with Crippen LogP contribution in [0.15, 0.2) is 5.57 Å². The molecule has 2 rings (SSSR count). The highest BCUT2D eigenvalue weighted by Gasteiger charge is 2.14. The van der Waals surface area contributed by atoms with Gasteiger partial charge >= 0.3 is 0 Å². The molecule has 4 heteroatoms. The summed E-state index contributed by atoms with van der Waals surface area (Å²) < 4.78 is 2.00. The summed E-state index contributed by atoms with van der Waals surface area (Å²) in [6.45, 7) is 7.16. The van der Waals surface area contributed by atoms with Crippen LogP contribution in [0, 0.1) is 0 Å². The Kier molecular flexibility index (Phi) is 4.24. The van der Waals surface area contributed by atoms with Gasteiger partial charge in [-0.05, 0) is 38.8 Å². The van der Waals surface area contributed by atoms with Gasteiger partial charge in [-0.25, -0.2) is 0 Å². The SMILES string of the molecule is CCc1nn(CC)c(C=C2CCCNC2)c1Cl. The molecule has 0 bridgehead atoms.